The van der Waals surface area contributed by atoms with Crippen molar-refractivity contribution < 1.29 is 9.59 Å². The number of piperazine rings is 1. The van der Waals surface area contributed by atoms with Crippen LogP contribution in [0.2, 0.25) is 0 Å². The number of ketones is 1. The Hall–Kier alpha value is -2.46. The van der Waals surface area contributed by atoms with Crippen molar-refractivity contribution in [2.45, 2.75) is 19.8 Å². The van der Waals surface area contributed by atoms with Crippen LogP contribution in [0.5, 0.6) is 0 Å². The van der Waals surface area contributed by atoms with E-state index in [0.29, 0.717) is 6.42 Å². The minimum atomic E-state index is 0.127. The predicted molar refractivity (Wildman–Crippen MR) is 104 cm³/mol. The standard InChI is InChI=1S/C22H26N2O2/c1-18-8-5-6-11-20(18)22(26)24-16-14-23(15-17-24)13-7-12-21(25)19-9-3-2-4-10-19/h2-6,8-11H,7,12-17H2,1H3. The van der Waals surface area contributed by atoms with Crippen molar-refractivity contribution in [3.05, 3.63) is 71.3 Å². The zero-order valence-corrected chi connectivity index (χ0v) is 15.4. The molecule has 26 heavy (non-hydrogen) atoms. The van der Waals surface area contributed by atoms with Gasteiger partial charge in [0, 0.05) is 43.7 Å². The third kappa shape index (κ3) is 4.58. The van der Waals surface area contributed by atoms with E-state index >= 15 is 0 Å². The van der Waals surface area contributed by atoms with E-state index < -0.39 is 0 Å². The van der Waals surface area contributed by atoms with Gasteiger partial charge in [0.1, 0.15) is 0 Å². The molecule has 136 valence electrons. The molecule has 1 heterocycles. The minimum Gasteiger partial charge on any atom is -0.336 e. The van der Waals surface area contributed by atoms with Crippen LogP contribution in [0.4, 0.5) is 0 Å². The molecule has 4 heteroatoms. The lowest BCUT2D eigenvalue weighted by molar-refractivity contribution is 0.0634. The fourth-order valence-electron chi connectivity index (χ4n) is 3.39. The molecule has 0 aromatic heterocycles. The van der Waals surface area contributed by atoms with Crippen molar-refractivity contribution in [1.29, 1.82) is 0 Å². The second kappa shape index (κ2) is 8.77. The highest BCUT2D eigenvalue weighted by atomic mass is 16.2. The molecule has 0 unspecified atom stereocenters. The number of amides is 1. The van der Waals surface area contributed by atoms with Crippen LogP contribution < -0.4 is 0 Å². The van der Waals surface area contributed by atoms with E-state index in [1.807, 2.05) is 66.4 Å². The molecule has 0 N–H and O–H groups in total. The van der Waals surface area contributed by atoms with Gasteiger partial charge in [-0.1, -0.05) is 48.5 Å². The van der Waals surface area contributed by atoms with Gasteiger partial charge < -0.3 is 4.90 Å². The Morgan fingerprint density at radius 3 is 2.23 bits per heavy atom. The molecule has 0 saturated carbocycles. The lowest BCUT2D eigenvalue weighted by atomic mass is 10.1. The summed E-state index contributed by atoms with van der Waals surface area (Å²) in [5, 5.41) is 0. The first-order chi connectivity index (χ1) is 12.6. The normalized spacial score (nSPS) is 15.0. The first-order valence-corrected chi connectivity index (χ1v) is 9.30. The second-order valence-corrected chi connectivity index (χ2v) is 6.84. The second-order valence-electron chi connectivity index (χ2n) is 6.84. The first kappa shape index (κ1) is 18.3. The van der Waals surface area contributed by atoms with Gasteiger partial charge in [-0.3, -0.25) is 14.5 Å². The summed E-state index contributed by atoms with van der Waals surface area (Å²) in [6.45, 7) is 6.13. The SMILES string of the molecule is Cc1ccccc1C(=O)N1CCN(CCCC(=O)c2ccccc2)CC1. The molecule has 1 fully saturated rings. The summed E-state index contributed by atoms with van der Waals surface area (Å²) in [4.78, 5) is 29.1. The van der Waals surface area contributed by atoms with Gasteiger partial charge in [-0.25, -0.2) is 0 Å². The van der Waals surface area contributed by atoms with Crippen molar-refractivity contribution in [2.24, 2.45) is 0 Å². The predicted octanol–water partition coefficient (Wildman–Crippen LogP) is 3.42. The Morgan fingerprint density at radius 1 is 0.885 bits per heavy atom. The van der Waals surface area contributed by atoms with Crippen LogP contribution in [-0.4, -0.2) is 54.2 Å². The maximum absolute atomic E-state index is 12.7. The van der Waals surface area contributed by atoms with E-state index in [4.69, 9.17) is 0 Å². The minimum absolute atomic E-state index is 0.127. The molecule has 1 aliphatic heterocycles. The van der Waals surface area contributed by atoms with Crippen LogP contribution in [-0.2, 0) is 0 Å². The number of benzene rings is 2. The van der Waals surface area contributed by atoms with E-state index in [9.17, 15) is 9.59 Å². The Kier molecular flexibility index (Phi) is 6.18. The average molecular weight is 350 g/mol. The average Bonchev–Trinajstić information content (AvgIpc) is 2.69. The van der Waals surface area contributed by atoms with Crippen LogP contribution >= 0.6 is 0 Å². The lowest BCUT2D eigenvalue weighted by Gasteiger charge is -2.35. The molecule has 1 aliphatic rings. The number of aryl methyl sites for hydroxylation is 1. The van der Waals surface area contributed by atoms with Gasteiger partial charge >= 0.3 is 0 Å². The number of hydrogen-bond acceptors (Lipinski definition) is 3. The van der Waals surface area contributed by atoms with E-state index in [-0.39, 0.29) is 11.7 Å². The summed E-state index contributed by atoms with van der Waals surface area (Å²) >= 11 is 0. The molecule has 3 rings (SSSR count). The molecular weight excluding hydrogens is 324 g/mol. The molecular formula is C22H26N2O2. The van der Waals surface area contributed by atoms with Crippen molar-refractivity contribution in [3.63, 3.8) is 0 Å². The molecule has 0 radical (unpaired) electrons. The molecule has 1 amide bonds. The molecule has 0 atom stereocenters. The quantitative estimate of drug-likeness (QED) is 0.750. The highest BCUT2D eigenvalue weighted by Crippen LogP contribution is 2.13. The number of nitrogens with zero attached hydrogens (tertiary/aromatic N) is 2. The van der Waals surface area contributed by atoms with Crippen LogP contribution in [0.3, 0.4) is 0 Å². The topological polar surface area (TPSA) is 40.6 Å². The first-order valence-electron chi connectivity index (χ1n) is 9.30. The Bertz CT molecular complexity index is 750. The summed E-state index contributed by atoms with van der Waals surface area (Å²) in [6, 6.07) is 17.2. The largest absolute Gasteiger partial charge is 0.336 e. The molecule has 0 bridgehead atoms. The Labute approximate surface area is 155 Å². The monoisotopic (exact) mass is 350 g/mol. The fourth-order valence-corrected chi connectivity index (χ4v) is 3.39. The summed E-state index contributed by atoms with van der Waals surface area (Å²) in [7, 11) is 0. The van der Waals surface area contributed by atoms with Gasteiger partial charge in [-0.2, -0.15) is 0 Å². The molecule has 1 saturated heterocycles. The highest BCUT2D eigenvalue weighted by molar-refractivity contribution is 5.96. The van der Waals surface area contributed by atoms with Crippen LogP contribution in [0, 0.1) is 6.92 Å². The van der Waals surface area contributed by atoms with Gasteiger partial charge in [0.15, 0.2) is 5.78 Å². The highest BCUT2D eigenvalue weighted by Gasteiger charge is 2.22. The van der Waals surface area contributed by atoms with Crippen molar-refractivity contribution in [1.82, 2.24) is 9.80 Å². The van der Waals surface area contributed by atoms with Crippen LogP contribution in [0.25, 0.3) is 0 Å². The van der Waals surface area contributed by atoms with E-state index in [1.165, 1.54) is 0 Å². The van der Waals surface area contributed by atoms with Crippen molar-refractivity contribution in [2.75, 3.05) is 32.7 Å². The number of rotatable bonds is 6. The maximum Gasteiger partial charge on any atom is 0.254 e. The van der Waals surface area contributed by atoms with Gasteiger partial charge in [-0.15, -0.1) is 0 Å². The van der Waals surface area contributed by atoms with Crippen molar-refractivity contribution >= 4 is 11.7 Å². The van der Waals surface area contributed by atoms with Crippen LogP contribution in [0.1, 0.15) is 39.1 Å². The van der Waals surface area contributed by atoms with E-state index in [1.54, 1.807) is 0 Å². The number of carbonyl (C=O) groups excluding carboxylic acids is 2. The molecule has 0 aliphatic carbocycles. The van der Waals surface area contributed by atoms with Gasteiger partial charge in [0.05, 0.1) is 0 Å². The zero-order valence-electron chi connectivity index (χ0n) is 15.4. The molecule has 0 spiro atoms. The van der Waals surface area contributed by atoms with E-state index in [0.717, 1.165) is 55.8 Å². The summed E-state index contributed by atoms with van der Waals surface area (Å²) in [5.41, 5.74) is 2.62. The maximum atomic E-state index is 12.7. The van der Waals surface area contributed by atoms with E-state index in [2.05, 4.69) is 4.90 Å². The Balaban J connectivity index is 1.42. The smallest absolute Gasteiger partial charge is 0.254 e. The van der Waals surface area contributed by atoms with Gasteiger partial charge in [-0.05, 0) is 31.5 Å². The fraction of sp³-hybridized carbons (Fsp3) is 0.364. The molecule has 4 nitrogen and oxygen atoms in total. The zero-order chi connectivity index (χ0) is 18.4. The molecule has 2 aromatic rings. The number of Topliss-reactive ketones (excluding diaryl/α,β-unsaturated/α-hetero) is 1. The summed E-state index contributed by atoms with van der Waals surface area (Å²) in [6.07, 6.45) is 1.44. The third-order valence-electron chi connectivity index (χ3n) is 5.01. The van der Waals surface area contributed by atoms with Crippen molar-refractivity contribution in [3.8, 4) is 0 Å². The summed E-state index contributed by atoms with van der Waals surface area (Å²) < 4.78 is 0. The Morgan fingerprint density at radius 2 is 1.54 bits per heavy atom. The van der Waals surface area contributed by atoms with Gasteiger partial charge in [0.25, 0.3) is 5.91 Å². The number of carbonyl (C=O) groups is 2. The third-order valence-corrected chi connectivity index (χ3v) is 5.01. The van der Waals surface area contributed by atoms with Gasteiger partial charge in [0.2, 0.25) is 0 Å². The summed E-state index contributed by atoms with van der Waals surface area (Å²) in [5.74, 6) is 0.334. The molecule has 2 aromatic carbocycles. The lowest BCUT2D eigenvalue weighted by Crippen LogP contribution is -2.49. The number of hydrogen-bond donors (Lipinski definition) is 0. The van der Waals surface area contributed by atoms with Crippen LogP contribution in [0.15, 0.2) is 54.6 Å².